The number of hydrogen-bond donors (Lipinski definition) is 0. The predicted octanol–water partition coefficient (Wildman–Crippen LogP) is 3.19. The number of carbonyl (C=O) groups excluding carboxylic acids is 1. The van der Waals surface area contributed by atoms with E-state index in [1.54, 1.807) is 11.9 Å². The van der Waals surface area contributed by atoms with E-state index in [0.29, 0.717) is 12.2 Å². The van der Waals surface area contributed by atoms with Crippen LogP contribution in [0, 0.1) is 6.92 Å². The largest absolute Gasteiger partial charge is 0.334 e. The molecule has 0 spiro atoms. The molecule has 1 atom stereocenters. The molecule has 1 aromatic carbocycles. The Morgan fingerprint density at radius 2 is 1.88 bits per heavy atom. The molecule has 1 aromatic heterocycles. The van der Waals surface area contributed by atoms with Gasteiger partial charge in [-0.2, -0.15) is 5.10 Å². The molecule has 5 nitrogen and oxygen atoms in total. The summed E-state index contributed by atoms with van der Waals surface area (Å²) < 4.78 is 1.38. The Balaban J connectivity index is 2.20. The molecule has 0 aliphatic rings. The Bertz CT molecular complexity index is 750. The van der Waals surface area contributed by atoms with Crippen molar-refractivity contribution in [1.82, 2.24) is 14.7 Å². The van der Waals surface area contributed by atoms with Gasteiger partial charge in [-0.25, -0.2) is 4.68 Å². The minimum absolute atomic E-state index is 0.0732. The van der Waals surface area contributed by atoms with Crippen LogP contribution in [0.5, 0.6) is 0 Å². The second-order valence-corrected chi connectivity index (χ2v) is 6.14. The lowest BCUT2D eigenvalue weighted by Crippen LogP contribution is -2.33. The maximum atomic E-state index is 12.7. The molecule has 0 radical (unpaired) electrons. The molecule has 0 saturated carbocycles. The fraction of sp³-hybridized carbons (Fsp3) is 0.421. The molecule has 1 heterocycles. The van der Waals surface area contributed by atoms with Gasteiger partial charge in [-0.05, 0) is 31.9 Å². The molecule has 0 aliphatic heterocycles. The van der Waals surface area contributed by atoms with Crippen molar-refractivity contribution < 1.29 is 4.79 Å². The van der Waals surface area contributed by atoms with Crippen LogP contribution in [-0.4, -0.2) is 27.6 Å². The van der Waals surface area contributed by atoms with Crippen LogP contribution in [0.15, 0.2) is 41.2 Å². The number of amides is 1. The van der Waals surface area contributed by atoms with Crippen LogP contribution in [0.1, 0.15) is 54.3 Å². The van der Waals surface area contributed by atoms with Crippen LogP contribution < -0.4 is 5.56 Å². The minimum atomic E-state index is -0.187. The summed E-state index contributed by atoms with van der Waals surface area (Å²) in [6.45, 7) is 6.60. The predicted molar refractivity (Wildman–Crippen MR) is 95.1 cm³/mol. The van der Waals surface area contributed by atoms with Crippen LogP contribution >= 0.6 is 0 Å². The van der Waals surface area contributed by atoms with Crippen LogP contribution in [0.3, 0.4) is 0 Å². The minimum Gasteiger partial charge on any atom is -0.334 e. The van der Waals surface area contributed by atoms with Gasteiger partial charge < -0.3 is 4.90 Å². The van der Waals surface area contributed by atoms with E-state index >= 15 is 0 Å². The van der Waals surface area contributed by atoms with Crippen LogP contribution in [0.4, 0.5) is 0 Å². The molecule has 0 saturated heterocycles. The first kappa shape index (κ1) is 17.9. The Hall–Kier alpha value is -2.43. The summed E-state index contributed by atoms with van der Waals surface area (Å²) in [5.74, 6) is -0.187. The number of carbonyl (C=O) groups is 1. The van der Waals surface area contributed by atoms with Crippen molar-refractivity contribution in [1.29, 1.82) is 0 Å². The van der Waals surface area contributed by atoms with Crippen molar-refractivity contribution in [2.24, 2.45) is 0 Å². The smallest absolute Gasteiger partial charge is 0.274 e. The van der Waals surface area contributed by atoms with Crippen molar-refractivity contribution >= 4 is 5.91 Å². The third-order valence-corrected chi connectivity index (χ3v) is 4.27. The van der Waals surface area contributed by atoms with Crippen LogP contribution in [0.2, 0.25) is 0 Å². The maximum absolute atomic E-state index is 12.7. The van der Waals surface area contributed by atoms with Crippen LogP contribution in [-0.2, 0) is 6.54 Å². The first-order chi connectivity index (χ1) is 11.4. The molecule has 2 aromatic rings. The summed E-state index contributed by atoms with van der Waals surface area (Å²) in [5.41, 5.74) is 2.38. The average molecular weight is 327 g/mol. The molecule has 0 aliphatic carbocycles. The Kier molecular flexibility index (Phi) is 5.90. The lowest BCUT2D eigenvalue weighted by atomic mass is 10.1. The first-order valence-corrected chi connectivity index (χ1v) is 8.36. The van der Waals surface area contributed by atoms with Gasteiger partial charge in [-0.15, -0.1) is 0 Å². The van der Waals surface area contributed by atoms with Gasteiger partial charge in [0.25, 0.3) is 11.5 Å². The Morgan fingerprint density at radius 1 is 1.21 bits per heavy atom. The zero-order valence-electron chi connectivity index (χ0n) is 14.8. The lowest BCUT2D eigenvalue weighted by Gasteiger charge is -2.25. The molecule has 24 heavy (non-hydrogen) atoms. The van der Waals surface area contributed by atoms with E-state index in [9.17, 15) is 9.59 Å². The number of rotatable bonds is 6. The normalized spacial score (nSPS) is 12.0. The maximum Gasteiger partial charge on any atom is 0.274 e. The SMILES string of the molecule is CCCCn1nc(C(=O)N(C)C(C)c2ccc(C)cc2)ccc1=O. The Morgan fingerprint density at radius 3 is 2.50 bits per heavy atom. The number of benzene rings is 1. The van der Waals surface area contributed by atoms with E-state index in [-0.39, 0.29) is 17.5 Å². The van der Waals surface area contributed by atoms with E-state index in [4.69, 9.17) is 0 Å². The highest BCUT2D eigenvalue weighted by Crippen LogP contribution is 2.20. The van der Waals surface area contributed by atoms with Crippen LogP contribution in [0.25, 0.3) is 0 Å². The number of nitrogens with zero attached hydrogens (tertiary/aromatic N) is 3. The van der Waals surface area contributed by atoms with Gasteiger partial charge in [0.1, 0.15) is 5.69 Å². The van der Waals surface area contributed by atoms with Crippen molar-refractivity contribution in [3.63, 3.8) is 0 Å². The van der Waals surface area contributed by atoms with Crippen molar-refractivity contribution in [2.45, 2.75) is 46.2 Å². The zero-order valence-corrected chi connectivity index (χ0v) is 14.8. The summed E-state index contributed by atoms with van der Waals surface area (Å²) >= 11 is 0. The molecular weight excluding hydrogens is 302 g/mol. The van der Waals surface area contributed by atoms with E-state index in [2.05, 4.69) is 12.0 Å². The number of unbranched alkanes of at least 4 members (excludes halogenated alkanes) is 1. The van der Waals surface area contributed by atoms with E-state index in [0.717, 1.165) is 18.4 Å². The first-order valence-electron chi connectivity index (χ1n) is 8.36. The molecule has 5 heteroatoms. The van der Waals surface area contributed by atoms with Crippen molar-refractivity contribution in [2.75, 3.05) is 7.05 Å². The van der Waals surface area contributed by atoms with Crippen molar-refractivity contribution in [3.8, 4) is 0 Å². The van der Waals surface area contributed by atoms with Gasteiger partial charge in [0, 0.05) is 19.7 Å². The molecule has 1 amide bonds. The van der Waals surface area contributed by atoms with Gasteiger partial charge in [-0.1, -0.05) is 43.2 Å². The summed E-state index contributed by atoms with van der Waals surface area (Å²) in [5, 5.41) is 4.23. The fourth-order valence-electron chi connectivity index (χ4n) is 2.46. The summed E-state index contributed by atoms with van der Waals surface area (Å²) in [6.07, 6.45) is 1.83. The van der Waals surface area contributed by atoms with E-state index < -0.39 is 0 Å². The topological polar surface area (TPSA) is 55.2 Å². The highest BCUT2D eigenvalue weighted by Gasteiger charge is 2.20. The fourth-order valence-corrected chi connectivity index (χ4v) is 2.46. The third kappa shape index (κ3) is 4.10. The van der Waals surface area contributed by atoms with Gasteiger partial charge in [0.2, 0.25) is 0 Å². The molecule has 1 unspecified atom stereocenters. The summed E-state index contributed by atoms with van der Waals surface area (Å²) in [6, 6.07) is 11.0. The van der Waals surface area contributed by atoms with E-state index in [1.165, 1.54) is 22.4 Å². The molecule has 2 rings (SSSR count). The molecule has 0 bridgehead atoms. The van der Waals surface area contributed by atoms with Gasteiger partial charge in [-0.3, -0.25) is 9.59 Å². The highest BCUT2D eigenvalue weighted by atomic mass is 16.2. The zero-order chi connectivity index (χ0) is 17.7. The second kappa shape index (κ2) is 7.90. The molecule has 0 N–H and O–H groups in total. The molecular formula is C19H25N3O2. The second-order valence-electron chi connectivity index (χ2n) is 6.14. The van der Waals surface area contributed by atoms with E-state index in [1.807, 2.05) is 38.1 Å². The number of hydrogen-bond acceptors (Lipinski definition) is 3. The molecule has 0 fully saturated rings. The standard InChI is InChI=1S/C19H25N3O2/c1-5-6-13-22-18(23)12-11-17(20-22)19(24)21(4)15(3)16-9-7-14(2)8-10-16/h7-12,15H,5-6,13H2,1-4H3. The summed E-state index contributed by atoms with van der Waals surface area (Å²) in [4.78, 5) is 26.2. The monoisotopic (exact) mass is 327 g/mol. The lowest BCUT2D eigenvalue weighted by molar-refractivity contribution is 0.0733. The van der Waals surface area contributed by atoms with Gasteiger partial charge in [0.15, 0.2) is 0 Å². The quantitative estimate of drug-likeness (QED) is 0.819. The van der Waals surface area contributed by atoms with Crippen molar-refractivity contribution in [3.05, 3.63) is 63.6 Å². The average Bonchev–Trinajstić information content (AvgIpc) is 2.60. The highest BCUT2D eigenvalue weighted by molar-refractivity contribution is 5.92. The van der Waals surface area contributed by atoms with Gasteiger partial charge >= 0.3 is 0 Å². The Labute approximate surface area is 142 Å². The summed E-state index contributed by atoms with van der Waals surface area (Å²) in [7, 11) is 1.76. The molecule has 128 valence electrons. The number of aromatic nitrogens is 2. The third-order valence-electron chi connectivity index (χ3n) is 4.27. The van der Waals surface area contributed by atoms with Gasteiger partial charge in [0.05, 0.1) is 6.04 Å². The number of aryl methyl sites for hydroxylation is 2.